The number of carbonyl (C=O) groups is 2. The van der Waals surface area contributed by atoms with Crippen molar-refractivity contribution in [1.82, 2.24) is 10.6 Å². The summed E-state index contributed by atoms with van der Waals surface area (Å²) in [6.45, 7) is 4.25. The second-order valence-electron chi connectivity index (χ2n) is 4.45. The fraction of sp³-hybridized carbons (Fsp3) is 0.833. The monoisotopic (exact) mass is 242 g/mol. The van der Waals surface area contributed by atoms with E-state index in [0.29, 0.717) is 25.4 Å². The number of ether oxygens (including phenoxy) is 1. The van der Waals surface area contributed by atoms with E-state index in [-0.39, 0.29) is 11.8 Å². The van der Waals surface area contributed by atoms with Gasteiger partial charge in [-0.1, -0.05) is 0 Å². The number of nitrogens with one attached hydrogen (secondary N) is 2. The topological polar surface area (TPSA) is 67.4 Å². The highest BCUT2D eigenvalue weighted by atomic mass is 16.5. The van der Waals surface area contributed by atoms with Crippen LogP contribution in [0.4, 0.5) is 0 Å². The lowest BCUT2D eigenvalue weighted by molar-refractivity contribution is -0.121. The molecule has 98 valence electrons. The molecule has 1 heterocycles. The Morgan fingerprint density at radius 2 is 2.12 bits per heavy atom. The molecule has 0 saturated carbocycles. The molecule has 5 nitrogen and oxygen atoms in total. The van der Waals surface area contributed by atoms with Crippen LogP contribution >= 0.6 is 0 Å². The summed E-state index contributed by atoms with van der Waals surface area (Å²) in [5, 5.41) is 5.45. The van der Waals surface area contributed by atoms with E-state index in [9.17, 15) is 9.59 Å². The predicted octanol–water partition coefficient (Wildman–Crippen LogP) is 0.445. The second kappa shape index (κ2) is 8.06. The van der Waals surface area contributed by atoms with E-state index in [2.05, 4.69) is 10.6 Å². The molecule has 1 aliphatic rings. The summed E-state index contributed by atoms with van der Waals surface area (Å²) in [4.78, 5) is 22.0. The van der Waals surface area contributed by atoms with Crippen LogP contribution in [0.25, 0.3) is 0 Å². The molecule has 5 heteroatoms. The third kappa shape index (κ3) is 6.94. The van der Waals surface area contributed by atoms with Crippen molar-refractivity contribution >= 4 is 11.8 Å². The van der Waals surface area contributed by atoms with Gasteiger partial charge in [0.25, 0.3) is 0 Å². The molecule has 0 aromatic heterocycles. The Bertz CT molecular complexity index is 250. The molecule has 2 N–H and O–H groups in total. The molecular formula is C12H22N2O3. The van der Waals surface area contributed by atoms with Gasteiger partial charge in [-0.05, 0) is 25.2 Å². The van der Waals surface area contributed by atoms with Crippen molar-refractivity contribution in [2.75, 3.05) is 26.3 Å². The van der Waals surface area contributed by atoms with Crippen molar-refractivity contribution in [3.63, 3.8) is 0 Å². The zero-order valence-corrected chi connectivity index (χ0v) is 10.5. The summed E-state index contributed by atoms with van der Waals surface area (Å²) in [6.07, 6.45) is 3.65. The van der Waals surface area contributed by atoms with Crippen molar-refractivity contribution in [2.45, 2.75) is 32.6 Å². The molecule has 2 amide bonds. The summed E-state index contributed by atoms with van der Waals surface area (Å²) in [5.74, 6) is 0.479. The van der Waals surface area contributed by atoms with Crippen LogP contribution in [0.15, 0.2) is 0 Å². The molecule has 0 radical (unpaired) electrons. The first-order valence-corrected chi connectivity index (χ1v) is 6.27. The van der Waals surface area contributed by atoms with Crippen LogP contribution in [0.5, 0.6) is 0 Å². The van der Waals surface area contributed by atoms with E-state index >= 15 is 0 Å². The van der Waals surface area contributed by atoms with Crippen molar-refractivity contribution in [3.05, 3.63) is 0 Å². The largest absolute Gasteiger partial charge is 0.381 e. The smallest absolute Gasteiger partial charge is 0.221 e. The normalized spacial score (nSPS) is 19.7. The molecule has 0 aromatic carbocycles. The summed E-state index contributed by atoms with van der Waals surface area (Å²) in [5.41, 5.74) is 0. The highest BCUT2D eigenvalue weighted by Gasteiger charge is 2.13. The van der Waals surface area contributed by atoms with Gasteiger partial charge in [-0.3, -0.25) is 9.59 Å². The van der Waals surface area contributed by atoms with E-state index in [1.165, 1.54) is 13.3 Å². The summed E-state index contributed by atoms with van der Waals surface area (Å²) >= 11 is 0. The SMILES string of the molecule is CC(=O)NCCC(=O)NCC[C@H]1CCCOC1. The van der Waals surface area contributed by atoms with Gasteiger partial charge in [0.1, 0.15) is 0 Å². The van der Waals surface area contributed by atoms with Crippen molar-refractivity contribution in [1.29, 1.82) is 0 Å². The number of rotatable bonds is 6. The number of carbonyl (C=O) groups excluding carboxylic acids is 2. The molecular weight excluding hydrogens is 220 g/mol. The van der Waals surface area contributed by atoms with Crippen LogP contribution < -0.4 is 10.6 Å². The minimum Gasteiger partial charge on any atom is -0.381 e. The lowest BCUT2D eigenvalue weighted by Gasteiger charge is -2.21. The van der Waals surface area contributed by atoms with Gasteiger partial charge < -0.3 is 15.4 Å². The van der Waals surface area contributed by atoms with Gasteiger partial charge in [0.2, 0.25) is 11.8 Å². The van der Waals surface area contributed by atoms with Crippen LogP contribution in [0.3, 0.4) is 0 Å². The quantitative estimate of drug-likeness (QED) is 0.710. The summed E-state index contributed by atoms with van der Waals surface area (Å²) in [7, 11) is 0. The third-order valence-electron chi connectivity index (χ3n) is 2.86. The first-order chi connectivity index (χ1) is 8.18. The zero-order valence-electron chi connectivity index (χ0n) is 10.5. The highest BCUT2D eigenvalue weighted by Crippen LogP contribution is 2.16. The summed E-state index contributed by atoms with van der Waals surface area (Å²) < 4.78 is 5.37. The van der Waals surface area contributed by atoms with Crippen LogP contribution in [0, 0.1) is 5.92 Å². The minimum atomic E-state index is -0.0999. The van der Waals surface area contributed by atoms with Crippen LogP contribution in [0.1, 0.15) is 32.6 Å². The van der Waals surface area contributed by atoms with Crippen molar-refractivity contribution in [3.8, 4) is 0 Å². The maximum absolute atomic E-state index is 11.4. The van der Waals surface area contributed by atoms with Gasteiger partial charge in [-0.2, -0.15) is 0 Å². The second-order valence-corrected chi connectivity index (χ2v) is 4.45. The molecule has 1 saturated heterocycles. The minimum absolute atomic E-state index is 0.00419. The average molecular weight is 242 g/mol. The van der Waals surface area contributed by atoms with Crippen molar-refractivity contribution in [2.24, 2.45) is 5.92 Å². The average Bonchev–Trinajstić information content (AvgIpc) is 2.30. The maximum atomic E-state index is 11.4. The van der Waals surface area contributed by atoms with Crippen LogP contribution in [0.2, 0.25) is 0 Å². The molecule has 0 unspecified atom stereocenters. The van der Waals surface area contributed by atoms with Gasteiger partial charge in [0, 0.05) is 39.6 Å². The Morgan fingerprint density at radius 3 is 2.76 bits per heavy atom. The third-order valence-corrected chi connectivity index (χ3v) is 2.86. The zero-order chi connectivity index (χ0) is 12.5. The molecule has 0 aliphatic carbocycles. The van der Waals surface area contributed by atoms with E-state index in [1.54, 1.807) is 0 Å². The van der Waals surface area contributed by atoms with Crippen molar-refractivity contribution < 1.29 is 14.3 Å². The molecule has 1 atom stereocenters. The van der Waals surface area contributed by atoms with E-state index in [4.69, 9.17) is 4.74 Å². The number of hydrogen-bond donors (Lipinski definition) is 2. The molecule has 0 aromatic rings. The highest BCUT2D eigenvalue weighted by molar-refractivity contribution is 5.77. The first kappa shape index (κ1) is 14.0. The Kier molecular flexibility index (Phi) is 6.62. The van der Waals surface area contributed by atoms with E-state index in [1.807, 2.05) is 0 Å². The van der Waals surface area contributed by atoms with E-state index in [0.717, 1.165) is 26.1 Å². The lowest BCUT2D eigenvalue weighted by Crippen LogP contribution is -2.31. The van der Waals surface area contributed by atoms with Crippen LogP contribution in [-0.4, -0.2) is 38.1 Å². The standard InChI is InChI=1S/C12H22N2O3/c1-10(15)13-7-5-12(16)14-6-4-11-3-2-8-17-9-11/h11H,2-9H2,1H3,(H,13,15)(H,14,16)/t11-/m1/s1. The van der Waals surface area contributed by atoms with E-state index < -0.39 is 0 Å². The van der Waals surface area contributed by atoms with Gasteiger partial charge in [-0.15, -0.1) is 0 Å². The predicted molar refractivity (Wildman–Crippen MR) is 64.5 cm³/mol. The molecule has 0 bridgehead atoms. The number of hydrogen-bond acceptors (Lipinski definition) is 3. The Morgan fingerprint density at radius 1 is 1.29 bits per heavy atom. The van der Waals surface area contributed by atoms with Gasteiger partial charge in [0.05, 0.1) is 0 Å². The molecule has 17 heavy (non-hydrogen) atoms. The fourth-order valence-corrected chi connectivity index (χ4v) is 1.89. The Balaban J connectivity index is 1.97. The van der Waals surface area contributed by atoms with Crippen LogP contribution in [-0.2, 0) is 14.3 Å². The maximum Gasteiger partial charge on any atom is 0.221 e. The molecule has 0 spiro atoms. The molecule has 1 aliphatic heterocycles. The first-order valence-electron chi connectivity index (χ1n) is 6.27. The van der Waals surface area contributed by atoms with Gasteiger partial charge in [0.15, 0.2) is 0 Å². The van der Waals surface area contributed by atoms with Gasteiger partial charge in [-0.25, -0.2) is 0 Å². The Labute approximate surface area is 102 Å². The molecule has 1 fully saturated rings. The Hall–Kier alpha value is -1.10. The summed E-state index contributed by atoms with van der Waals surface area (Å²) in [6, 6.07) is 0. The van der Waals surface area contributed by atoms with Gasteiger partial charge >= 0.3 is 0 Å². The fourth-order valence-electron chi connectivity index (χ4n) is 1.89. The number of amides is 2. The molecule has 1 rings (SSSR count). The lowest BCUT2D eigenvalue weighted by atomic mass is 9.99.